The summed E-state index contributed by atoms with van der Waals surface area (Å²) in [6.45, 7) is 4.33. The molecule has 72 valence electrons. The van der Waals surface area contributed by atoms with Crippen molar-refractivity contribution in [3.05, 3.63) is 0 Å². The number of nitrogens with one attached hydrogen (secondary N) is 1. The van der Waals surface area contributed by atoms with E-state index in [1.165, 1.54) is 0 Å². The van der Waals surface area contributed by atoms with E-state index in [9.17, 15) is 5.11 Å². The van der Waals surface area contributed by atoms with Gasteiger partial charge in [0.05, 0.1) is 21.1 Å². The largest absolute Gasteiger partial charge is 0.857 e. The van der Waals surface area contributed by atoms with E-state index >= 15 is 0 Å². The Kier molecular flexibility index (Phi) is 4.20. The van der Waals surface area contributed by atoms with Gasteiger partial charge in [-0.05, 0) is 0 Å². The molecule has 0 rings (SSSR count). The third-order valence-electron chi connectivity index (χ3n) is 1.07. The van der Waals surface area contributed by atoms with Crippen molar-refractivity contribution >= 4 is 5.90 Å². The third kappa shape index (κ3) is 7.50. The normalized spacial score (nSPS) is 14.0. The van der Waals surface area contributed by atoms with Crippen LogP contribution in [0.5, 0.6) is 0 Å². The summed E-state index contributed by atoms with van der Waals surface area (Å²) in [5, 5.41) is 18.1. The highest BCUT2D eigenvalue weighted by Crippen LogP contribution is 1.89. The van der Waals surface area contributed by atoms with Gasteiger partial charge >= 0.3 is 0 Å². The lowest BCUT2D eigenvalue weighted by Crippen LogP contribution is -2.40. The standard InChI is InChI=1S/C8H19N3O/c1-7(2)9-6-8(12)10-11(3,4)5/h7,9H,6H2,1-5H3. The minimum Gasteiger partial charge on any atom is -0.857 e. The number of hydrogen-bond acceptors (Lipinski definition) is 3. The molecule has 0 heterocycles. The van der Waals surface area contributed by atoms with Gasteiger partial charge in [-0.2, -0.15) is 0 Å². The fraction of sp³-hybridized carbons (Fsp3) is 0.875. The Bertz CT molecular complexity index is 158. The predicted octanol–water partition coefficient (Wildman–Crippen LogP) is -0.636. The molecular weight excluding hydrogens is 154 g/mol. The van der Waals surface area contributed by atoms with E-state index in [4.69, 9.17) is 0 Å². The summed E-state index contributed by atoms with van der Waals surface area (Å²) in [4.78, 5) is 0. The predicted molar refractivity (Wildman–Crippen MR) is 48.6 cm³/mol. The summed E-state index contributed by atoms with van der Waals surface area (Å²) in [7, 11) is 5.56. The van der Waals surface area contributed by atoms with Crippen LogP contribution in [-0.4, -0.2) is 44.2 Å². The van der Waals surface area contributed by atoms with E-state index in [0.717, 1.165) is 0 Å². The highest BCUT2D eigenvalue weighted by Gasteiger charge is 2.02. The van der Waals surface area contributed by atoms with Gasteiger partial charge in [0.15, 0.2) is 0 Å². The molecule has 0 amide bonds. The first kappa shape index (κ1) is 11.4. The van der Waals surface area contributed by atoms with Gasteiger partial charge < -0.3 is 10.4 Å². The van der Waals surface area contributed by atoms with Gasteiger partial charge in [-0.25, -0.2) is 4.59 Å². The van der Waals surface area contributed by atoms with E-state index < -0.39 is 0 Å². The number of nitrogens with zero attached hydrogens (tertiary/aromatic N) is 2. The molecule has 0 radical (unpaired) electrons. The quantitative estimate of drug-likeness (QED) is 0.266. The first-order valence-electron chi connectivity index (χ1n) is 4.12. The van der Waals surface area contributed by atoms with Crippen LogP contribution in [0.1, 0.15) is 13.8 Å². The van der Waals surface area contributed by atoms with Gasteiger partial charge in [0, 0.05) is 18.5 Å². The molecule has 4 nitrogen and oxygen atoms in total. The highest BCUT2D eigenvalue weighted by atomic mass is 16.3. The number of rotatable bonds is 4. The monoisotopic (exact) mass is 173 g/mol. The van der Waals surface area contributed by atoms with Crippen molar-refractivity contribution in [2.45, 2.75) is 19.9 Å². The Labute approximate surface area is 74.5 Å². The van der Waals surface area contributed by atoms with Crippen LogP contribution in [0.25, 0.3) is 0 Å². The van der Waals surface area contributed by atoms with Crippen molar-refractivity contribution in [3.63, 3.8) is 0 Å². The molecule has 0 aromatic rings. The maximum Gasteiger partial charge on any atom is 0.0923 e. The molecule has 4 heteroatoms. The summed E-state index contributed by atoms with van der Waals surface area (Å²) >= 11 is 0. The van der Waals surface area contributed by atoms with E-state index in [1.807, 2.05) is 35.0 Å². The summed E-state index contributed by atoms with van der Waals surface area (Å²) in [6, 6.07) is 0.330. The fourth-order valence-electron chi connectivity index (χ4n) is 0.661. The first-order valence-corrected chi connectivity index (χ1v) is 4.12. The Hall–Kier alpha value is -0.610. The topological polar surface area (TPSA) is 47.4 Å². The minimum atomic E-state index is -0.101. The smallest absolute Gasteiger partial charge is 0.0923 e. The zero-order valence-electron chi connectivity index (χ0n) is 8.59. The molecular formula is C8H19N3O. The molecule has 12 heavy (non-hydrogen) atoms. The molecule has 0 aromatic carbocycles. The van der Waals surface area contributed by atoms with Crippen LogP contribution >= 0.6 is 0 Å². The maximum absolute atomic E-state index is 11.1. The summed E-state index contributed by atoms with van der Waals surface area (Å²) in [5.41, 5.74) is 0. The summed E-state index contributed by atoms with van der Waals surface area (Å²) < 4.78 is 0.332. The lowest BCUT2D eigenvalue weighted by Gasteiger charge is -2.20. The molecule has 0 spiro atoms. The van der Waals surface area contributed by atoms with Crippen molar-refractivity contribution in [1.29, 1.82) is 0 Å². The Morgan fingerprint density at radius 1 is 1.42 bits per heavy atom. The van der Waals surface area contributed by atoms with Gasteiger partial charge in [-0.3, -0.25) is 0 Å². The van der Waals surface area contributed by atoms with Crippen LogP contribution in [-0.2, 0) is 0 Å². The number of quaternary nitrogens is 1. The zero-order valence-corrected chi connectivity index (χ0v) is 8.59. The molecule has 0 aliphatic heterocycles. The van der Waals surface area contributed by atoms with Crippen LogP contribution in [0.4, 0.5) is 0 Å². The van der Waals surface area contributed by atoms with Crippen molar-refractivity contribution < 1.29 is 9.70 Å². The van der Waals surface area contributed by atoms with Crippen LogP contribution < -0.4 is 10.4 Å². The SMILES string of the molecule is CC(C)NCC([O-])=N[N+](C)(C)C. The molecule has 0 saturated carbocycles. The maximum atomic E-state index is 11.1. The van der Waals surface area contributed by atoms with Crippen molar-refractivity contribution in [3.8, 4) is 0 Å². The zero-order chi connectivity index (χ0) is 9.78. The van der Waals surface area contributed by atoms with Crippen molar-refractivity contribution in [1.82, 2.24) is 5.32 Å². The van der Waals surface area contributed by atoms with Gasteiger partial charge in [0.25, 0.3) is 0 Å². The molecule has 0 unspecified atom stereocenters. The lowest BCUT2D eigenvalue weighted by atomic mass is 10.4. The van der Waals surface area contributed by atoms with Crippen LogP contribution in [0.2, 0.25) is 0 Å². The van der Waals surface area contributed by atoms with E-state index in [-0.39, 0.29) is 5.90 Å². The molecule has 0 fully saturated rings. The van der Waals surface area contributed by atoms with Crippen LogP contribution in [0, 0.1) is 0 Å². The van der Waals surface area contributed by atoms with Crippen LogP contribution in [0.15, 0.2) is 5.10 Å². The summed E-state index contributed by atoms with van der Waals surface area (Å²) in [6.07, 6.45) is 0. The summed E-state index contributed by atoms with van der Waals surface area (Å²) in [5.74, 6) is -0.101. The van der Waals surface area contributed by atoms with Gasteiger partial charge in [-0.1, -0.05) is 13.8 Å². The highest BCUT2D eigenvalue weighted by molar-refractivity contribution is 5.72. The molecule has 0 aliphatic rings. The molecule has 0 aliphatic carbocycles. The Balaban J connectivity index is 3.87. The second-order valence-corrected chi connectivity index (χ2v) is 3.97. The molecule has 0 atom stereocenters. The third-order valence-corrected chi connectivity index (χ3v) is 1.07. The second kappa shape index (κ2) is 4.42. The van der Waals surface area contributed by atoms with Gasteiger partial charge in [0.1, 0.15) is 0 Å². The lowest BCUT2D eigenvalue weighted by molar-refractivity contribution is -0.878. The van der Waals surface area contributed by atoms with Gasteiger partial charge in [-0.15, -0.1) is 5.10 Å². The van der Waals surface area contributed by atoms with E-state index in [2.05, 4.69) is 10.4 Å². The molecule has 0 bridgehead atoms. The first-order chi connectivity index (χ1) is 5.31. The average Bonchev–Trinajstić information content (AvgIpc) is 1.79. The Morgan fingerprint density at radius 3 is 2.25 bits per heavy atom. The van der Waals surface area contributed by atoms with Crippen molar-refractivity contribution in [2.24, 2.45) is 5.10 Å². The van der Waals surface area contributed by atoms with Gasteiger partial charge in [0.2, 0.25) is 0 Å². The van der Waals surface area contributed by atoms with E-state index in [0.29, 0.717) is 17.2 Å². The molecule has 1 N–H and O–H groups in total. The Morgan fingerprint density at radius 2 is 1.92 bits per heavy atom. The van der Waals surface area contributed by atoms with E-state index in [1.54, 1.807) is 0 Å². The molecule has 0 aromatic heterocycles. The van der Waals surface area contributed by atoms with Crippen LogP contribution in [0.3, 0.4) is 0 Å². The fourth-order valence-corrected chi connectivity index (χ4v) is 0.661. The van der Waals surface area contributed by atoms with Crippen molar-refractivity contribution in [2.75, 3.05) is 27.7 Å². The second-order valence-electron chi connectivity index (χ2n) is 3.97. The molecule has 0 saturated heterocycles. The number of hydrogen-bond donors (Lipinski definition) is 1. The minimum absolute atomic E-state index is 0.101. The average molecular weight is 173 g/mol.